The second-order valence-electron chi connectivity index (χ2n) is 9.97. The van der Waals surface area contributed by atoms with Crippen LogP contribution in [0.25, 0.3) is 11.3 Å². The highest BCUT2D eigenvalue weighted by atomic mass is 79.9. The van der Waals surface area contributed by atoms with Gasteiger partial charge in [-0.2, -0.15) is 5.10 Å². The number of hydrazone groups is 1. The molecule has 43 heavy (non-hydrogen) atoms. The standard InChI is InChI=1S/C27H27BrF4N6O5/c1-37(2)13-33-35-26(39)25-24(40-12-20(31)32)22(23-19(42-25)11-41-27(43-23)14-6-4-3-5-7-14)38-10-18(34-36-38)15-8-16(29)21(28)17(30)9-15/h3-10,13,19-20,22-25,27H,11-12H2,1-2H3,(H,35,39)/b33-13+/t19-,22+,23+,24-,25-,27?/m1/s1. The minimum Gasteiger partial charge on any atom is -0.367 e. The van der Waals surface area contributed by atoms with Crippen LogP contribution in [0.4, 0.5) is 17.6 Å². The van der Waals surface area contributed by atoms with Gasteiger partial charge in [-0.1, -0.05) is 35.5 Å². The lowest BCUT2D eigenvalue weighted by Gasteiger charge is -2.48. The summed E-state index contributed by atoms with van der Waals surface area (Å²) in [7, 11) is 3.38. The van der Waals surface area contributed by atoms with Crippen molar-refractivity contribution in [3.05, 3.63) is 70.3 Å². The zero-order valence-corrected chi connectivity index (χ0v) is 24.4. The van der Waals surface area contributed by atoms with Crippen LogP contribution in [0.2, 0.25) is 0 Å². The molecule has 5 rings (SSSR count). The zero-order chi connectivity index (χ0) is 30.7. The second kappa shape index (κ2) is 13.5. The Morgan fingerprint density at radius 3 is 2.63 bits per heavy atom. The largest absolute Gasteiger partial charge is 0.367 e. The smallest absolute Gasteiger partial charge is 0.272 e. The van der Waals surface area contributed by atoms with E-state index in [2.05, 4.69) is 36.8 Å². The van der Waals surface area contributed by atoms with Crippen molar-refractivity contribution >= 4 is 28.2 Å². The third kappa shape index (κ3) is 7.04. The summed E-state index contributed by atoms with van der Waals surface area (Å²) in [4.78, 5) is 14.8. The van der Waals surface area contributed by atoms with Crippen molar-refractivity contribution in [2.45, 2.75) is 43.2 Å². The molecule has 2 saturated heterocycles. The van der Waals surface area contributed by atoms with Gasteiger partial charge >= 0.3 is 0 Å². The van der Waals surface area contributed by atoms with Gasteiger partial charge in [0.2, 0.25) is 0 Å². The molecule has 1 N–H and O–H groups in total. The van der Waals surface area contributed by atoms with Gasteiger partial charge in [-0.15, -0.1) is 5.10 Å². The zero-order valence-electron chi connectivity index (χ0n) is 22.8. The fourth-order valence-electron chi connectivity index (χ4n) is 4.79. The molecule has 0 radical (unpaired) electrons. The van der Waals surface area contributed by atoms with Crippen LogP contribution in [0.3, 0.4) is 0 Å². The Labute approximate surface area is 251 Å². The topological polar surface area (TPSA) is 112 Å². The number of fused-ring (bicyclic) bond motifs is 1. The predicted octanol–water partition coefficient (Wildman–Crippen LogP) is 3.68. The summed E-state index contributed by atoms with van der Waals surface area (Å²) in [5.41, 5.74) is 3.16. The van der Waals surface area contributed by atoms with Crippen LogP contribution in [0, 0.1) is 11.6 Å². The second-order valence-corrected chi connectivity index (χ2v) is 10.8. The number of ether oxygens (including phenoxy) is 4. The van der Waals surface area contributed by atoms with E-state index >= 15 is 0 Å². The van der Waals surface area contributed by atoms with E-state index in [0.29, 0.717) is 5.56 Å². The summed E-state index contributed by atoms with van der Waals surface area (Å²) in [5, 5.41) is 12.0. The summed E-state index contributed by atoms with van der Waals surface area (Å²) in [6, 6.07) is 10.0. The number of alkyl halides is 2. The van der Waals surface area contributed by atoms with E-state index in [1.807, 2.05) is 6.07 Å². The first kappa shape index (κ1) is 31.0. The quantitative estimate of drug-likeness (QED) is 0.121. The Hall–Kier alpha value is -3.44. The van der Waals surface area contributed by atoms with E-state index in [4.69, 9.17) is 18.9 Å². The Kier molecular flexibility index (Phi) is 9.71. The van der Waals surface area contributed by atoms with Gasteiger partial charge in [-0.3, -0.25) is 4.79 Å². The Morgan fingerprint density at radius 1 is 1.23 bits per heavy atom. The van der Waals surface area contributed by atoms with Gasteiger partial charge in [0.1, 0.15) is 54.6 Å². The SMILES string of the molecule is CN(C)/C=N/NC(=O)[C@@H]1O[C@@H]2COC(c3ccccc3)O[C@@H]2[C@H](n2cc(-c3cc(F)c(Br)c(F)c3)nn2)[C@H]1OCC(F)F. The van der Waals surface area contributed by atoms with Crippen molar-refractivity contribution in [2.75, 3.05) is 27.3 Å². The fraction of sp³-hybridized carbons (Fsp3) is 0.407. The highest BCUT2D eigenvalue weighted by molar-refractivity contribution is 9.10. The average molecular weight is 671 g/mol. The highest BCUT2D eigenvalue weighted by Crippen LogP contribution is 2.41. The summed E-state index contributed by atoms with van der Waals surface area (Å²) < 4.78 is 80.2. The van der Waals surface area contributed by atoms with E-state index in [0.717, 1.165) is 12.1 Å². The minimum atomic E-state index is -2.87. The first-order chi connectivity index (χ1) is 20.6. The monoisotopic (exact) mass is 670 g/mol. The Bertz CT molecular complexity index is 1430. The van der Waals surface area contributed by atoms with E-state index < -0.39 is 67.3 Å². The van der Waals surface area contributed by atoms with Gasteiger partial charge in [0.05, 0.1) is 17.3 Å². The number of halogens is 5. The lowest BCUT2D eigenvalue weighted by Crippen LogP contribution is -2.63. The number of nitrogens with zero attached hydrogens (tertiary/aromatic N) is 5. The van der Waals surface area contributed by atoms with Crippen LogP contribution < -0.4 is 5.43 Å². The number of benzene rings is 2. The van der Waals surface area contributed by atoms with Crippen molar-refractivity contribution in [1.82, 2.24) is 25.3 Å². The maximum absolute atomic E-state index is 14.3. The van der Waals surface area contributed by atoms with Crippen LogP contribution in [-0.4, -0.2) is 90.3 Å². The fourth-order valence-corrected chi connectivity index (χ4v) is 5.02. The number of nitrogens with one attached hydrogen (secondary N) is 1. The van der Waals surface area contributed by atoms with Crippen LogP contribution >= 0.6 is 15.9 Å². The summed E-state index contributed by atoms with van der Waals surface area (Å²) in [6.07, 6.45) is -5.70. The van der Waals surface area contributed by atoms with E-state index in [1.54, 1.807) is 43.3 Å². The molecule has 2 aliphatic heterocycles. The summed E-state index contributed by atoms with van der Waals surface area (Å²) in [5.74, 6) is -2.49. The molecule has 230 valence electrons. The third-order valence-electron chi connectivity index (χ3n) is 6.66. The van der Waals surface area contributed by atoms with Gasteiger partial charge in [0, 0.05) is 25.2 Å². The number of hydrogen-bond donors (Lipinski definition) is 1. The molecule has 2 aliphatic rings. The number of carbonyl (C=O) groups is 1. The Balaban J connectivity index is 1.54. The lowest BCUT2D eigenvalue weighted by atomic mass is 9.91. The first-order valence-electron chi connectivity index (χ1n) is 13.1. The van der Waals surface area contributed by atoms with Crippen LogP contribution in [-0.2, 0) is 23.7 Å². The molecule has 3 heterocycles. The Morgan fingerprint density at radius 2 is 1.95 bits per heavy atom. The molecule has 0 spiro atoms. The molecule has 0 bridgehead atoms. The highest BCUT2D eigenvalue weighted by Gasteiger charge is 2.54. The van der Waals surface area contributed by atoms with Crippen molar-refractivity contribution in [1.29, 1.82) is 0 Å². The third-order valence-corrected chi connectivity index (χ3v) is 7.41. The lowest BCUT2D eigenvalue weighted by molar-refractivity contribution is -0.317. The number of rotatable bonds is 9. The van der Waals surface area contributed by atoms with Crippen LogP contribution in [0.5, 0.6) is 0 Å². The van der Waals surface area contributed by atoms with Gasteiger partial charge < -0.3 is 23.8 Å². The normalized spacial score (nSPS) is 25.6. The summed E-state index contributed by atoms with van der Waals surface area (Å²) in [6.45, 7) is -1.06. The molecule has 0 aliphatic carbocycles. The molecule has 2 aromatic carbocycles. The van der Waals surface area contributed by atoms with Gasteiger partial charge in [0.15, 0.2) is 12.4 Å². The van der Waals surface area contributed by atoms with Crippen LogP contribution in [0.1, 0.15) is 17.9 Å². The molecule has 16 heteroatoms. The van der Waals surface area contributed by atoms with E-state index in [1.165, 1.54) is 17.2 Å². The summed E-state index contributed by atoms with van der Waals surface area (Å²) >= 11 is 2.84. The van der Waals surface area contributed by atoms with Gasteiger partial charge in [0.25, 0.3) is 12.3 Å². The predicted molar refractivity (Wildman–Crippen MR) is 147 cm³/mol. The van der Waals surface area contributed by atoms with Crippen molar-refractivity contribution < 1.29 is 41.3 Å². The van der Waals surface area contributed by atoms with E-state index in [-0.39, 0.29) is 22.3 Å². The van der Waals surface area contributed by atoms with Gasteiger partial charge in [-0.05, 0) is 28.1 Å². The molecular weight excluding hydrogens is 644 g/mol. The van der Waals surface area contributed by atoms with Gasteiger partial charge in [-0.25, -0.2) is 27.7 Å². The molecule has 3 aromatic rings. The minimum absolute atomic E-state index is 0.0300. The maximum Gasteiger partial charge on any atom is 0.272 e. The number of hydrogen-bond acceptors (Lipinski definition) is 8. The molecule has 11 nitrogen and oxygen atoms in total. The number of aromatic nitrogens is 3. The van der Waals surface area contributed by atoms with E-state index in [9.17, 15) is 22.4 Å². The van der Waals surface area contributed by atoms with Crippen LogP contribution in [0.15, 0.2) is 58.2 Å². The van der Waals surface area contributed by atoms with Crippen molar-refractivity contribution in [3.63, 3.8) is 0 Å². The molecule has 2 fully saturated rings. The average Bonchev–Trinajstić information content (AvgIpc) is 3.47. The molecule has 1 unspecified atom stereocenters. The number of carbonyl (C=O) groups excluding carboxylic acids is 1. The molecule has 1 aromatic heterocycles. The molecule has 0 saturated carbocycles. The first-order valence-corrected chi connectivity index (χ1v) is 13.8. The molecule has 1 amide bonds. The van der Waals surface area contributed by atoms with Crippen molar-refractivity contribution in [3.8, 4) is 11.3 Å². The molecular formula is C27H27BrF4N6O5. The molecule has 6 atom stereocenters. The number of amides is 1. The van der Waals surface area contributed by atoms with Crippen molar-refractivity contribution in [2.24, 2.45) is 5.10 Å². The maximum atomic E-state index is 14.3.